The summed E-state index contributed by atoms with van der Waals surface area (Å²) < 4.78 is 16.5. The maximum Gasteiger partial charge on any atom is 0.231 e. The lowest BCUT2D eigenvalue weighted by atomic mass is 9.96. The molecule has 4 nitrogen and oxygen atoms in total. The number of rotatable bonds is 2. The van der Waals surface area contributed by atoms with E-state index < -0.39 is 0 Å². The summed E-state index contributed by atoms with van der Waals surface area (Å²) in [5.74, 6) is 1.70. The molecule has 2 heterocycles. The van der Waals surface area contributed by atoms with Crippen LogP contribution in [0.1, 0.15) is 17.2 Å². The van der Waals surface area contributed by atoms with Gasteiger partial charge in [0.1, 0.15) is 0 Å². The van der Waals surface area contributed by atoms with Crippen LogP contribution in [0.5, 0.6) is 11.5 Å². The Morgan fingerprint density at radius 3 is 2.94 bits per heavy atom. The summed E-state index contributed by atoms with van der Waals surface area (Å²) >= 11 is 0. The first kappa shape index (κ1) is 9.93. The summed E-state index contributed by atoms with van der Waals surface area (Å²) in [6.07, 6.45) is 1.08. The van der Waals surface area contributed by atoms with Crippen LogP contribution >= 0.6 is 0 Å². The van der Waals surface area contributed by atoms with Crippen LogP contribution in [-0.2, 0) is 11.2 Å². The molecule has 0 aromatic heterocycles. The van der Waals surface area contributed by atoms with Crippen molar-refractivity contribution in [3.05, 3.63) is 23.3 Å². The highest BCUT2D eigenvalue weighted by atomic mass is 16.7. The molecule has 1 aromatic carbocycles. The second kappa shape index (κ2) is 3.96. The number of fused-ring (bicyclic) bond motifs is 2. The highest BCUT2D eigenvalue weighted by molar-refractivity contribution is 5.50. The lowest BCUT2D eigenvalue weighted by Gasteiger charge is -2.26. The van der Waals surface area contributed by atoms with Crippen LogP contribution in [0.25, 0.3) is 0 Å². The average molecular weight is 221 g/mol. The van der Waals surface area contributed by atoms with E-state index in [1.807, 2.05) is 7.05 Å². The Morgan fingerprint density at radius 2 is 2.12 bits per heavy atom. The Hall–Kier alpha value is -1.26. The van der Waals surface area contributed by atoms with Crippen LogP contribution < -0.4 is 14.8 Å². The SMILES string of the molecule is CNC[C@H]1OCCc2cc3c(cc21)OCO3. The van der Waals surface area contributed by atoms with Crippen LogP contribution in [0.4, 0.5) is 0 Å². The van der Waals surface area contributed by atoms with Gasteiger partial charge in [-0.1, -0.05) is 0 Å². The second-order valence-corrected chi connectivity index (χ2v) is 4.07. The molecule has 4 heteroatoms. The van der Waals surface area contributed by atoms with E-state index in [-0.39, 0.29) is 6.10 Å². The van der Waals surface area contributed by atoms with Gasteiger partial charge >= 0.3 is 0 Å². The van der Waals surface area contributed by atoms with E-state index in [9.17, 15) is 0 Å². The number of hydrogen-bond donors (Lipinski definition) is 1. The minimum absolute atomic E-state index is 0.128. The molecule has 0 unspecified atom stereocenters. The fourth-order valence-corrected chi connectivity index (χ4v) is 2.27. The summed E-state index contributed by atoms with van der Waals surface area (Å²) in [6, 6.07) is 4.14. The van der Waals surface area contributed by atoms with Crippen molar-refractivity contribution in [3.63, 3.8) is 0 Å². The van der Waals surface area contributed by atoms with Gasteiger partial charge in [-0.3, -0.25) is 0 Å². The molecular formula is C12H15NO3. The van der Waals surface area contributed by atoms with Gasteiger partial charge in [0, 0.05) is 6.54 Å². The van der Waals surface area contributed by atoms with Crippen molar-refractivity contribution in [2.45, 2.75) is 12.5 Å². The Balaban J connectivity index is 2.00. The van der Waals surface area contributed by atoms with E-state index in [0.29, 0.717) is 6.79 Å². The zero-order valence-corrected chi connectivity index (χ0v) is 9.29. The Labute approximate surface area is 94.5 Å². The summed E-state index contributed by atoms with van der Waals surface area (Å²) in [7, 11) is 1.94. The first-order valence-electron chi connectivity index (χ1n) is 5.57. The fourth-order valence-electron chi connectivity index (χ4n) is 2.27. The molecule has 2 aliphatic rings. The third-order valence-corrected chi connectivity index (χ3v) is 3.06. The van der Waals surface area contributed by atoms with E-state index in [2.05, 4.69) is 17.4 Å². The minimum atomic E-state index is 0.128. The number of benzene rings is 1. The van der Waals surface area contributed by atoms with Gasteiger partial charge in [0.05, 0.1) is 12.7 Å². The van der Waals surface area contributed by atoms with Crippen LogP contribution in [0.15, 0.2) is 12.1 Å². The fraction of sp³-hybridized carbons (Fsp3) is 0.500. The van der Waals surface area contributed by atoms with Crippen LogP contribution in [0, 0.1) is 0 Å². The lowest BCUT2D eigenvalue weighted by molar-refractivity contribution is 0.0437. The second-order valence-electron chi connectivity index (χ2n) is 4.07. The summed E-state index contributed by atoms with van der Waals surface area (Å²) in [5, 5.41) is 3.15. The molecule has 0 bridgehead atoms. The average Bonchev–Trinajstić information content (AvgIpc) is 2.74. The van der Waals surface area contributed by atoms with Crippen molar-refractivity contribution in [2.75, 3.05) is 27.0 Å². The molecule has 0 saturated carbocycles. The maximum absolute atomic E-state index is 5.75. The van der Waals surface area contributed by atoms with Crippen LogP contribution in [0.3, 0.4) is 0 Å². The number of nitrogens with one attached hydrogen (secondary N) is 1. The van der Waals surface area contributed by atoms with Gasteiger partial charge in [-0.2, -0.15) is 0 Å². The van der Waals surface area contributed by atoms with E-state index >= 15 is 0 Å². The molecule has 0 radical (unpaired) electrons. The summed E-state index contributed by atoms with van der Waals surface area (Å²) in [6.45, 7) is 1.93. The molecule has 0 amide bonds. The quantitative estimate of drug-likeness (QED) is 0.816. The number of hydrogen-bond acceptors (Lipinski definition) is 4. The lowest BCUT2D eigenvalue weighted by Crippen LogP contribution is -2.25. The van der Waals surface area contributed by atoms with Gasteiger partial charge in [-0.15, -0.1) is 0 Å². The van der Waals surface area contributed by atoms with Gasteiger partial charge in [-0.25, -0.2) is 0 Å². The predicted molar refractivity (Wildman–Crippen MR) is 58.9 cm³/mol. The maximum atomic E-state index is 5.75. The third kappa shape index (κ3) is 1.54. The van der Waals surface area contributed by atoms with Crippen molar-refractivity contribution in [1.29, 1.82) is 0 Å². The third-order valence-electron chi connectivity index (χ3n) is 3.06. The molecule has 0 aliphatic carbocycles. The predicted octanol–water partition coefficient (Wildman–Crippen LogP) is 1.25. The topological polar surface area (TPSA) is 39.7 Å². The molecule has 2 aliphatic heterocycles. The van der Waals surface area contributed by atoms with E-state index in [4.69, 9.17) is 14.2 Å². The van der Waals surface area contributed by atoms with Crippen molar-refractivity contribution in [3.8, 4) is 11.5 Å². The molecule has 1 atom stereocenters. The molecule has 0 fully saturated rings. The Morgan fingerprint density at radius 1 is 1.31 bits per heavy atom. The van der Waals surface area contributed by atoms with Gasteiger partial charge in [0.25, 0.3) is 0 Å². The van der Waals surface area contributed by atoms with Crippen molar-refractivity contribution < 1.29 is 14.2 Å². The van der Waals surface area contributed by atoms with Gasteiger partial charge in [-0.05, 0) is 36.7 Å². The molecular weight excluding hydrogens is 206 g/mol. The van der Waals surface area contributed by atoms with E-state index in [0.717, 1.165) is 31.1 Å². The zero-order chi connectivity index (χ0) is 11.0. The molecule has 1 N–H and O–H groups in total. The van der Waals surface area contributed by atoms with Crippen LogP contribution in [0.2, 0.25) is 0 Å². The van der Waals surface area contributed by atoms with Crippen molar-refractivity contribution >= 4 is 0 Å². The van der Waals surface area contributed by atoms with Gasteiger partial charge in [0.15, 0.2) is 11.5 Å². The Kier molecular flexibility index (Phi) is 2.46. The summed E-state index contributed by atoms with van der Waals surface area (Å²) in [4.78, 5) is 0. The first-order valence-corrected chi connectivity index (χ1v) is 5.57. The monoisotopic (exact) mass is 221 g/mol. The van der Waals surface area contributed by atoms with Crippen LogP contribution in [-0.4, -0.2) is 27.0 Å². The van der Waals surface area contributed by atoms with E-state index in [1.54, 1.807) is 0 Å². The standard InChI is InChI=1S/C12H15NO3/c1-13-6-12-9-5-11-10(15-7-16-11)4-8(9)2-3-14-12/h4-5,12-13H,2-3,6-7H2,1H3/t12-/m1/s1. The molecule has 86 valence electrons. The smallest absolute Gasteiger partial charge is 0.231 e. The molecule has 0 spiro atoms. The highest BCUT2D eigenvalue weighted by Gasteiger charge is 2.25. The molecule has 16 heavy (non-hydrogen) atoms. The first-order chi connectivity index (χ1) is 7.88. The number of ether oxygens (including phenoxy) is 3. The minimum Gasteiger partial charge on any atom is -0.454 e. The van der Waals surface area contributed by atoms with Gasteiger partial charge < -0.3 is 19.5 Å². The number of likely N-dealkylation sites (N-methyl/N-ethyl adjacent to an activating group) is 1. The van der Waals surface area contributed by atoms with E-state index in [1.165, 1.54) is 11.1 Å². The van der Waals surface area contributed by atoms with Gasteiger partial charge in [0.2, 0.25) is 6.79 Å². The zero-order valence-electron chi connectivity index (χ0n) is 9.29. The van der Waals surface area contributed by atoms with Crippen molar-refractivity contribution in [1.82, 2.24) is 5.32 Å². The normalized spacial score (nSPS) is 21.9. The highest BCUT2D eigenvalue weighted by Crippen LogP contribution is 2.39. The molecule has 3 rings (SSSR count). The largest absolute Gasteiger partial charge is 0.454 e. The van der Waals surface area contributed by atoms with Crippen molar-refractivity contribution in [2.24, 2.45) is 0 Å². The molecule has 1 aromatic rings. The summed E-state index contributed by atoms with van der Waals surface area (Å²) in [5.41, 5.74) is 2.54. The molecule has 0 saturated heterocycles. The Bertz CT molecular complexity index is 405.